The van der Waals surface area contributed by atoms with Crippen LogP contribution >= 0.6 is 0 Å². The molecule has 0 saturated carbocycles. The van der Waals surface area contributed by atoms with Crippen molar-refractivity contribution in [3.05, 3.63) is 53.9 Å². The van der Waals surface area contributed by atoms with Crippen LogP contribution in [0.25, 0.3) is 0 Å². The van der Waals surface area contributed by atoms with E-state index >= 15 is 0 Å². The van der Waals surface area contributed by atoms with Gasteiger partial charge in [-0.3, -0.25) is 0 Å². The van der Waals surface area contributed by atoms with Crippen LogP contribution in [0.4, 0.5) is 0 Å². The van der Waals surface area contributed by atoms with Crippen molar-refractivity contribution in [1.82, 2.24) is 4.57 Å². The first-order valence-electron chi connectivity index (χ1n) is 5.71. The van der Waals surface area contributed by atoms with E-state index in [9.17, 15) is 0 Å². The van der Waals surface area contributed by atoms with E-state index in [1.54, 1.807) is 7.11 Å². The van der Waals surface area contributed by atoms with Gasteiger partial charge in [0.25, 0.3) is 0 Å². The number of ether oxygens (including phenoxy) is 1. The van der Waals surface area contributed by atoms with Gasteiger partial charge in [0.1, 0.15) is 5.75 Å². The molecule has 0 saturated heterocycles. The van der Waals surface area contributed by atoms with E-state index in [0.717, 1.165) is 24.4 Å². The molecule has 0 radical (unpaired) electrons. The summed E-state index contributed by atoms with van der Waals surface area (Å²) in [5, 5.41) is 9.14. The van der Waals surface area contributed by atoms with Crippen molar-refractivity contribution in [2.75, 3.05) is 7.11 Å². The van der Waals surface area contributed by atoms with E-state index in [0.29, 0.717) is 0 Å². The average Bonchev–Trinajstić information content (AvgIpc) is 2.84. The maximum Gasteiger partial charge on any atom is 0.118 e. The fourth-order valence-corrected chi connectivity index (χ4v) is 1.85. The van der Waals surface area contributed by atoms with Gasteiger partial charge in [-0.25, -0.2) is 0 Å². The normalized spacial score (nSPS) is 10.5. The Balaban J connectivity index is 1.97. The van der Waals surface area contributed by atoms with Crippen LogP contribution in [0.1, 0.15) is 11.3 Å². The molecule has 0 spiro atoms. The molecule has 1 N–H and O–H groups in total. The van der Waals surface area contributed by atoms with Gasteiger partial charge in [0.15, 0.2) is 0 Å². The highest BCUT2D eigenvalue weighted by atomic mass is 16.5. The molecule has 0 amide bonds. The molecule has 0 aliphatic rings. The smallest absolute Gasteiger partial charge is 0.118 e. The molecule has 2 rings (SSSR count). The molecule has 1 aromatic heterocycles. The fourth-order valence-electron chi connectivity index (χ4n) is 1.85. The third kappa shape index (κ3) is 2.88. The number of hydrogen-bond donors (Lipinski definition) is 1. The first-order chi connectivity index (χ1) is 8.33. The lowest BCUT2D eigenvalue weighted by atomic mass is 10.1. The molecule has 1 aromatic carbocycles. The summed E-state index contributed by atoms with van der Waals surface area (Å²) >= 11 is 0. The molecule has 0 atom stereocenters. The van der Waals surface area contributed by atoms with Crippen molar-refractivity contribution in [3.63, 3.8) is 0 Å². The van der Waals surface area contributed by atoms with Crippen molar-refractivity contribution >= 4 is 0 Å². The third-order valence-corrected chi connectivity index (χ3v) is 2.89. The van der Waals surface area contributed by atoms with Gasteiger partial charge >= 0.3 is 0 Å². The van der Waals surface area contributed by atoms with E-state index in [2.05, 4.69) is 16.7 Å². The van der Waals surface area contributed by atoms with Crippen LogP contribution < -0.4 is 4.74 Å². The third-order valence-electron chi connectivity index (χ3n) is 2.89. The lowest BCUT2D eigenvalue weighted by molar-refractivity contribution is 0.270. The lowest BCUT2D eigenvalue weighted by Gasteiger charge is -2.08. The second-order valence-electron chi connectivity index (χ2n) is 3.95. The molecule has 90 valence electrons. The first-order valence-corrected chi connectivity index (χ1v) is 5.71. The van der Waals surface area contributed by atoms with Gasteiger partial charge in [0.05, 0.1) is 13.7 Å². The second-order valence-corrected chi connectivity index (χ2v) is 3.95. The molecule has 2 aromatic rings. The first kappa shape index (κ1) is 11.7. The minimum Gasteiger partial charge on any atom is -0.497 e. The van der Waals surface area contributed by atoms with Gasteiger partial charge < -0.3 is 14.4 Å². The van der Waals surface area contributed by atoms with Crippen molar-refractivity contribution in [2.24, 2.45) is 0 Å². The van der Waals surface area contributed by atoms with Gasteiger partial charge in [-0.05, 0) is 36.2 Å². The zero-order valence-corrected chi connectivity index (χ0v) is 9.97. The zero-order chi connectivity index (χ0) is 12.1. The van der Waals surface area contributed by atoms with E-state index in [4.69, 9.17) is 9.84 Å². The molecule has 0 bridgehead atoms. The Hall–Kier alpha value is -1.74. The molecule has 3 heteroatoms. The summed E-state index contributed by atoms with van der Waals surface area (Å²) in [6, 6.07) is 12.0. The second kappa shape index (κ2) is 5.55. The van der Waals surface area contributed by atoms with Gasteiger partial charge in [-0.15, -0.1) is 0 Å². The largest absolute Gasteiger partial charge is 0.497 e. The Labute approximate surface area is 101 Å². The van der Waals surface area contributed by atoms with Crippen molar-refractivity contribution < 1.29 is 9.84 Å². The average molecular weight is 231 g/mol. The molecule has 0 unspecified atom stereocenters. The van der Waals surface area contributed by atoms with Crippen LogP contribution in [-0.2, 0) is 19.6 Å². The number of aliphatic hydroxyl groups excluding tert-OH is 1. The fraction of sp³-hybridized carbons (Fsp3) is 0.286. The van der Waals surface area contributed by atoms with Crippen molar-refractivity contribution in [2.45, 2.75) is 19.6 Å². The van der Waals surface area contributed by atoms with Crippen LogP contribution in [0.2, 0.25) is 0 Å². The highest BCUT2D eigenvalue weighted by molar-refractivity contribution is 5.27. The summed E-state index contributed by atoms with van der Waals surface area (Å²) in [6.07, 6.45) is 2.95. The number of hydrogen-bond acceptors (Lipinski definition) is 2. The summed E-state index contributed by atoms with van der Waals surface area (Å²) in [4.78, 5) is 0. The molecule has 17 heavy (non-hydrogen) atoms. The van der Waals surface area contributed by atoms with Crippen LogP contribution in [0.5, 0.6) is 5.75 Å². The van der Waals surface area contributed by atoms with E-state index in [1.165, 1.54) is 5.56 Å². The predicted octanol–water partition coefficient (Wildman–Crippen LogP) is 2.23. The molecule has 3 nitrogen and oxygen atoms in total. The van der Waals surface area contributed by atoms with E-state index in [-0.39, 0.29) is 6.61 Å². The maximum absolute atomic E-state index is 9.14. The molecule has 0 aliphatic carbocycles. The van der Waals surface area contributed by atoms with Crippen molar-refractivity contribution in [1.29, 1.82) is 0 Å². The number of methoxy groups -OCH3 is 1. The van der Waals surface area contributed by atoms with Crippen LogP contribution in [0.15, 0.2) is 42.6 Å². The summed E-state index contributed by atoms with van der Waals surface area (Å²) < 4.78 is 7.19. The van der Waals surface area contributed by atoms with Crippen LogP contribution in [0, 0.1) is 0 Å². The van der Waals surface area contributed by atoms with Gasteiger partial charge in [-0.2, -0.15) is 0 Å². The summed E-state index contributed by atoms with van der Waals surface area (Å²) in [5.74, 6) is 0.880. The number of benzene rings is 1. The molecule has 1 heterocycles. The maximum atomic E-state index is 9.14. The Morgan fingerprint density at radius 2 is 1.94 bits per heavy atom. The van der Waals surface area contributed by atoms with Crippen LogP contribution in [-0.4, -0.2) is 16.8 Å². The highest BCUT2D eigenvalue weighted by Gasteiger charge is 2.00. The SMILES string of the molecule is COc1ccc(CCn2cccc2CO)cc1. The molecular formula is C14H17NO2. The minimum atomic E-state index is 0.0929. The number of aryl methyl sites for hydroxylation is 2. The Bertz CT molecular complexity index is 459. The topological polar surface area (TPSA) is 34.4 Å². The standard InChI is InChI=1S/C14H17NO2/c1-17-14-6-4-12(5-7-14)8-10-15-9-2-3-13(15)11-16/h2-7,9,16H,8,10-11H2,1H3. The van der Waals surface area contributed by atoms with Crippen LogP contribution in [0.3, 0.4) is 0 Å². The zero-order valence-electron chi connectivity index (χ0n) is 9.97. The molecule has 0 fully saturated rings. The highest BCUT2D eigenvalue weighted by Crippen LogP contribution is 2.12. The quantitative estimate of drug-likeness (QED) is 0.856. The minimum absolute atomic E-state index is 0.0929. The predicted molar refractivity (Wildman–Crippen MR) is 67.1 cm³/mol. The van der Waals surface area contributed by atoms with Crippen molar-refractivity contribution in [3.8, 4) is 5.75 Å². The number of aliphatic hydroxyl groups is 1. The molecular weight excluding hydrogens is 214 g/mol. The molecule has 0 aliphatic heterocycles. The Morgan fingerprint density at radius 3 is 2.59 bits per heavy atom. The van der Waals surface area contributed by atoms with Gasteiger partial charge in [0.2, 0.25) is 0 Å². The number of nitrogens with zero attached hydrogens (tertiary/aromatic N) is 1. The van der Waals surface area contributed by atoms with Gasteiger partial charge in [-0.1, -0.05) is 12.1 Å². The monoisotopic (exact) mass is 231 g/mol. The number of rotatable bonds is 5. The van der Waals surface area contributed by atoms with E-state index in [1.807, 2.05) is 30.5 Å². The van der Waals surface area contributed by atoms with Gasteiger partial charge in [0, 0.05) is 18.4 Å². The van der Waals surface area contributed by atoms with E-state index < -0.39 is 0 Å². The summed E-state index contributed by atoms with van der Waals surface area (Å²) in [7, 11) is 1.67. The lowest BCUT2D eigenvalue weighted by Crippen LogP contribution is -2.04. The number of aromatic nitrogens is 1. The summed E-state index contributed by atoms with van der Waals surface area (Å²) in [6.45, 7) is 0.977. The summed E-state index contributed by atoms with van der Waals surface area (Å²) in [5.41, 5.74) is 2.22. The Kier molecular flexibility index (Phi) is 3.83. The Morgan fingerprint density at radius 1 is 1.18 bits per heavy atom.